The van der Waals surface area contributed by atoms with Gasteiger partial charge in [0.05, 0.1) is 6.54 Å². The average molecular weight is 247 g/mol. The Morgan fingerprint density at radius 1 is 1.28 bits per heavy atom. The van der Waals surface area contributed by atoms with E-state index in [9.17, 15) is 0 Å². The van der Waals surface area contributed by atoms with Crippen molar-refractivity contribution in [2.24, 2.45) is 0 Å². The second-order valence-electron chi connectivity index (χ2n) is 3.92. The highest BCUT2D eigenvalue weighted by molar-refractivity contribution is 5.42. The molecule has 0 bridgehead atoms. The Labute approximate surface area is 106 Å². The predicted octanol–water partition coefficient (Wildman–Crippen LogP) is 2.26. The predicted molar refractivity (Wildman–Crippen MR) is 68.3 cm³/mol. The number of nitrogens with one attached hydrogen (secondary N) is 1. The molecule has 0 saturated carbocycles. The molecule has 5 heteroatoms. The van der Waals surface area contributed by atoms with Crippen molar-refractivity contribution in [1.82, 2.24) is 10.1 Å². The molecule has 2 rings (SSSR count). The number of para-hydroxylation sites is 1. The van der Waals surface area contributed by atoms with Gasteiger partial charge in [0.15, 0.2) is 5.82 Å². The smallest absolute Gasteiger partial charge is 0.245 e. The average Bonchev–Trinajstić information content (AvgIpc) is 2.86. The third kappa shape index (κ3) is 3.85. The molecule has 1 aromatic carbocycles. The fraction of sp³-hybridized carbons (Fsp3) is 0.385. The number of methoxy groups -OCH3 is 1. The summed E-state index contributed by atoms with van der Waals surface area (Å²) >= 11 is 0. The topological polar surface area (TPSA) is 60.2 Å². The maximum Gasteiger partial charge on any atom is 0.245 e. The first-order valence-electron chi connectivity index (χ1n) is 5.98. The summed E-state index contributed by atoms with van der Waals surface area (Å²) in [6.45, 7) is 1.26. The molecule has 0 radical (unpaired) electrons. The number of anilines is 1. The first kappa shape index (κ1) is 12.6. The highest BCUT2D eigenvalue weighted by atomic mass is 16.5. The Morgan fingerprint density at radius 3 is 2.89 bits per heavy atom. The monoisotopic (exact) mass is 247 g/mol. The first-order chi connectivity index (χ1) is 8.88. The van der Waals surface area contributed by atoms with Crippen LogP contribution in [-0.4, -0.2) is 23.9 Å². The SMILES string of the molecule is COCCCc1noc(CNc2ccccc2)n1. The van der Waals surface area contributed by atoms with E-state index in [2.05, 4.69) is 15.5 Å². The molecule has 0 unspecified atom stereocenters. The van der Waals surface area contributed by atoms with E-state index >= 15 is 0 Å². The molecule has 0 spiro atoms. The zero-order chi connectivity index (χ0) is 12.6. The molecule has 5 nitrogen and oxygen atoms in total. The highest BCUT2D eigenvalue weighted by Crippen LogP contribution is 2.07. The van der Waals surface area contributed by atoms with Gasteiger partial charge in [0.25, 0.3) is 0 Å². The molecule has 96 valence electrons. The maximum atomic E-state index is 5.15. The van der Waals surface area contributed by atoms with Crippen molar-refractivity contribution in [1.29, 1.82) is 0 Å². The molecule has 18 heavy (non-hydrogen) atoms. The minimum absolute atomic E-state index is 0.543. The Morgan fingerprint density at radius 2 is 2.11 bits per heavy atom. The number of ether oxygens (including phenoxy) is 1. The fourth-order valence-corrected chi connectivity index (χ4v) is 1.57. The summed E-state index contributed by atoms with van der Waals surface area (Å²) < 4.78 is 10.1. The molecule has 1 heterocycles. The lowest BCUT2D eigenvalue weighted by atomic mass is 10.3. The number of hydrogen-bond acceptors (Lipinski definition) is 5. The van der Waals surface area contributed by atoms with Crippen molar-refractivity contribution in [3.05, 3.63) is 42.0 Å². The maximum absolute atomic E-state index is 5.15. The van der Waals surface area contributed by atoms with Gasteiger partial charge in [-0.3, -0.25) is 0 Å². The summed E-state index contributed by atoms with van der Waals surface area (Å²) in [5.41, 5.74) is 1.04. The normalized spacial score (nSPS) is 10.5. The van der Waals surface area contributed by atoms with Gasteiger partial charge < -0.3 is 14.6 Å². The van der Waals surface area contributed by atoms with Gasteiger partial charge in [-0.1, -0.05) is 23.4 Å². The summed E-state index contributed by atoms with van der Waals surface area (Å²) in [5.74, 6) is 1.34. The molecule has 0 atom stereocenters. The summed E-state index contributed by atoms with van der Waals surface area (Å²) in [4.78, 5) is 4.30. The molecule has 0 aliphatic rings. The third-order valence-corrected chi connectivity index (χ3v) is 2.48. The van der Waals surface area contributed by atoms with Gasteiger partial charge >= 0.3 is 0 Å². The molecule has 1 aromatic heterocycles. The third-order valence-electron chi connectivity index (χ3n) is 2.48. The Hall–Kier alpha value is -1.88. The van der Waals surface area contributed by atoms with Crippen molar-refractivity contribution >= 4 is 5.69 Å². The second-order valence-corrected chi connectivity index (χ2v) is 3.92. The van der Waals surface area contributed by atoms with E-state index in [1.54, 1.807) is 7.11 Å². The zero-order valence-corrected chi connectivity index (χ0v) is 10.4. The summed E-state index contributed by atoms with van der Waals surface area (Å²) in [6, 6.07) is 9.93. The van der Waals surface area contributed by atoms with Crippen LogP contribution in [0.25, 0.3) is 0 Å². The van der Waals surface area contributed by atoms with Crippen LogP contribution >= 0.6 is 0 Å². The lowest BCUT2D eigenvalue weighted by molar-refractivity contribution is 0.194. The van der Waals surface area contributed by atoms with Gasteiger partial charge in [0, 0.05) is 25.8 Å². The molecule has 0 saturated heterocycles. The van der Waals surface area contributed by atoms with Gasteiger partial charge in [-0.2, -0.15) is 4.98 Å². The van der Waals surface area contributed by atoms with E-state index in [-0.39, 0.29) is 0 Å². The van der Waals surface area contributed by atoms with Crippen molar-refractivity contribution < 1.29 is 9.26 Å². The molecule has 0 amide bonds. The van der Waals surface area contributed by atoms with E-state index in [4.69, 9.17) is 9.26 Å². The van der Waals surface area contributed by atoms with Gasteiger partial charge in [-0.05, 0) is 18.6 Å². The lowest BCUT2D eigenvalue weighted by Crippen LogP contribution is -2.00. The second kappa shape index (κ2) is 6.76. The van der Waals surface area contributed by atoms with Crippen LogP contribution in [-0.2, 0) is 17.7 Å². The standard InChI is InChI=1S/C13H17N3O2/c1-17-9-5-8-12-15-13(18-16-12)10-14-11-6-3-2-4-7-11/h2-4,6-7,14H,5,8-10H2,1H3. The number of rotatable bonds is 7. The number of aromatic nitrogens is 2. The molecular weight excluding hydrogens is 230 g/mol. The van der Waals surface area contributed by atoms with E-state index in [0.717, 1.165) is 24.4 Å². The molecule has 2 aromatic rings. The molecular formula is C13H17N3O2. The van der Waals surface area contributed by atoms with Gasteiger partial charge in [-0.15, -0.1) is 0 Å². The van der Waals surface area contributed by atoms with Gasteiger partial charge in [-0.25, -0.2) is 0 Å². The number of nitrogens with zero attached hydrogens (tertiary/aromatic N) is 2. The van der Waals surface area contributed by atoms with Crippen LogP contribution in [0.2, 0.25) is 0 Å². The lowest BCUT2D eigenvalue weighted by Gasteiger charge is -2.01. The molecule has 0 fully saturated rings. The zero-order valence-electron chi connectivity index (χ0n) is 10.4. The summed E-state index contributed by atoms with van der Waals surface area (Å²) in [7, 11) is 1.69. The Balaban J connectivity index is 1.80. The van der Waals surface area contributed by atoms with E-state index in [1.165, 1.54) is 0 Å². The summed E-state index contributed by atoms with van der Waals surface area (Å²) in [5, 5.41) is 7.14. The van der Waals surface area contributed by atoms with Crippen LogP contribution < -0.4 is 5.32 Å². The fourth-order valence-electron chi connectivity index (χ4n) is 1.57. The number of benzene rings is 1. The van der Waals surface area contributed by atoms with Crippen LogP contribution in [0.4, 0.5) is 5.69 Å². The number of hydrogen-bond donors (Lipinski definition) is 1. The van der Waals surface area contributed by atoms with Gasteiger partial charge in [0.1, 0.15) is 0 Å². The van der Waals surface area contributed by atoms with Crippen LogP contribution in [0, 0.1) is 0 Å². The van der Waals surface area contributed by atoms with Crippen molar-refractivity contribution in [3.8, 4) is 0 Å². The molecule has 0 aliphatic heterocycles. The minimum Gasteiger partial charge on any atom is -0.385 e. The Kier molecular flexibility index (Phi) is 4.72. The van der Waals surface area contributed by atoms with Crippen molar-refractivity contribution in [2.45, 2.75) is 19.4 Å². The Bertz CT molecular complexity index is 456. The van der Waals surface area contributed by atoms with E-state index < -0.39 is 0 Å². The van der Waals surface area contributed by atoms with E-state index in [0.29, 0.717) is 19.0 Å². The molecule has 0 aliphatic carbocycles. The van der Waals surface area contributed by atoms with Crippen LogP contribution in [0.3, 0.4) is 0 Å². The van der Waals surface area contributed by atoms with Gasteiger partial charge in [0.2, 0.25) is 5.89 Å². The van der Waals surface area contributed by atoms with Crippen molar-refractivity contribution in [3.63, 3.8) is 0 Å². The quantitative estimate of drug-likeness (QED) is 0.760. The van der Waals surface area contributed by atoms with Crippen LogP contribution in [0.1, 0.15) is 18.1 Å². The first-order valence-corrected chi connectivity index (χ1v) is 5.98. The van der Waals surface area contributed by atoms with Crippen LogP contribution in [0.15, 0.2) is 34.9 Å². The van der Waals surface area contributed by atoms with E-state index in [1.807, 2.05) is 30.3 Å². The summed E-state index contributed by atoms with van der Waals surface area (Å²) in [6.07, 6.45) is 1.68. The minimum atomic E-state index is 0.543. The highest BCUT2D eigenvalue weighted by Gasteiger charge is 2.05. The largest absolute Gasteiger partial charge is 0.385 e. The van der Waals surface area contributed by atoms with Crippen LogP contribution in [0.5, 0.6) is 0 Å². The van der Waals surface area contributed by atoms with Crippen molar-refractivity contribution in [2.75, 3.05) is 19.0 Å². The molecule has 1 N–H and O–H groups in total. The number of aryl methyl sites for hydroxylation is 1.